The third-order valence-electron chi connectivity index (χ3n) is 1.41. The first-order valence-electron chi connectivity index (χ1n) is 4.42. The monoisotopic (exact) mass is 234 g/mol. The Kier molecular flexibility index (Phi) is 5.83. The third-order valence-corrected chi connectivity index (χ3v) is 1.41. The highest BCUT2D eigenvalue weighted by Crippen LogP contribution is 2.00. The number of esters is 2. The molecule has 0 spiro atoms. The van der Waals surface area contributed by atoms with Gasteiger partial charge in [-0.05, 0) is 18.7 Å². The molecule has 0 aromatic heterocycles. The third kappa shape index (κ3) is 4.11. The largest absolute Gasteiger partial charge is 0.596 e. The molecule has 0 amide bonds. The van der Waals surface area contributed by atoms with Gasteiger partial charge in [0.25, 0.3) is 0 Å². The summed E-state index contributed by atoms with van der Waals surface area (Å²) in [5.41, 5.74) is 0. The highest BCUT2D eigenvalue weighted by atomic mass is 16.7. The first kappa shape index (κ1) is 14.1. The summed E-state index contributed by atoms with van der Waals surface area (Å²) in [5.74, 6) is -2.14. The number of rotatable bonds is 5. The van der Waals surface area contributed by atoms with Crippen molar-refractivity contribution in [2.45, 2.75) is 26.0 Å². The minimum atomic E-state index is -1.81. The lowest BCUT2D eigenvalue weighted by molar-refractivity contribution is -0.574. The highest BCUT2D eigenvalue weighted by Gasteiger charge is 2.39. The van der Waals surface area contributed by atoms with Gasteiger partial charge in [-0.3, -0.25) is 0 Å². The SMILES string of the molecule is COC(=O)C(C(=O)OC)/[N+]([O-])=N\OC(C)C. The Hall–Kier alpha value is -1.86. The van der Waals surface area contributed by atoms with Crippen LogP contribution >= 0.6 is 0 Å². The van der Waals surface area contributed by atoms with Crippen LogP contribution in [0.3, 0.4) is 0 Å². The fourth-order valence-electron chi connectivity index (χ4n) is 0.688. The van der Waals surface area contributed by atoms with E-state index in [2.05, 4.69) is 19.6 Å². The summed E-state index contributed by atoms with van der Waals surface area (Å²) < 4.78 is 8.53. The maximum absolute atomic E-state index is 11.3. The predicted octanol–water partition coefficient (Wildman–Crippen LogP) is 0.00350. The number of carbonyl (C=O) groups is 2. The van der Waals surface area contributed by atoms with Gasteiger partial charge in [0.2, 0.25) is 5.28 Å². The molecule has 0 aliphatic rings. The molecule has 8 nitrogen and oxygen atoms in total. The summed E-state index contributed by atoms with van der Waals surface area (Å²) in [6, 6.07) is -1.81. The fraction of sp³-hybridized carbons (Fsp3) is 0.750. The maximum atomic E-state index is 11.3. The molecular formula is C8H14N2O6. The van der Waals surface area contributed by atoms with Crippen molar-refractivity contribution < 1.29 is 28.8 Å². The van der Waals surface area contributed by atoms with E-state index in [4.69, 9.17) is 0 Å². The zero-order valence-corrected chi connectivity index (χ0v) is 9.50. The number of carbonyl (C=O) groups excluding carboxylic acids is 2. The van der Waals surface area contributed by atoms with E-state index in [0.717, 1.165) is 14.2 Å². The van der Waals surface area contributed by atoms with Gasteiger partial charge in [-0.15, -0.1) is 0 Å². The molecule has 0 heterocycles. The zero-order valence-electron chi connectivity index (χ0n) is 9.50. The van der Waals surface area contributed by atoms with Crippen LogP contribution in [0.4, 0.5) is 0 Å². The van der Waals surface area contributed by atoms with E-state index in [-0.39, 0.29) is 11.0 Å². The molecule has 16 heavy (non-hydrogen) atoms. The molecule has 0 fully saturated rings. The van der Waals surface area contributed by atoms with Crippen LogP contribution in [-0.2, 0) is 23.9 Å². The summed E-state index contributed by atoms with van der Waals surface area (Å²) in [6.07, 6.45) is -0.354. The van der Waals surface area contributed by atoms with Crippen LogP contribution in [0.15, 0.2) is 5.28 Å². The molecular weight excluding hydrogens is 220 g/mol. The number of nitrogens with zero attached hydrogens (tertiary/aromatic N) is 2. The fourth-order valence-corrected chi connectivity index (χ4v) is 0.688. The Morgan fingerprint density at radius 1 is 1.19 bits per heavy atom. The standard InChI is InChI=1S/C8H14N2O6/c1-5(2)16-9-10(13)6(7(11)14-3)8(12)15-4/h5-6H,1-4H3/b10-9+. The molecule has 0 radical (unpaired) electrons. The quantitative estimate of drug-likeness (QED) is 0.218. The Bertz CT molecular complexity index is 272. The van der Waals surface area contributed by atoms with Gasteiger partial charge < -0.3 is 19.5 Å². The summed E-state index contributed by atoms with van der Waals surface area (Å²) in [7, 11) is 2.07. The number of ether oxygens (including phenoxy) is 2. The van der Waals surface area contributed by atoms with Gasteiger partial charge in [0.05, 0.1) is 14.2 Å². The number of hydrogen-bond donors (Lipinski definition) is 0. The molecule has 0 unspecified atom stereocenters. The van der Waals surface area contributed by atoms with Gasteiger partial charge in [-0.2, -0.15) is 0 Å². The smallest absolute Gasteiger partial charge is 0.391 e. The van der Waals surface area contributed by atoms with Gasteiger partial charge in [0.1, 0.15) is 6.10 Å². The molecule has 0 atom stereocenters. The minimum Gasteiger partial charge on any atom is -0.596 e. The topological polar surface area (TPSA) is 100 Å². The maximum Gasteiger partial charge on any atom is 0.391 e. The first-order valence-corrected chi connectivity index (χ1v) is 4.42. The second kappa shape index (κ2) is 6.59. The van der Waals surface area contributed by atoms with E-state index in [0.29, 0.717) is 0 Å². The first-order chi connectivity index (χ1) is 7.43. The van der Waals surface area contributed by atoms with Crippen molar-refractivity contribution in [3.05, 3.63) is 5.21 Å². The summed E-state index contributed by atoms with van der Waals surface area (Å²) >= 11 is 0. The van der Waals surface area contributed by atoms with Crippen LogP contribution < -0.4 is 0 Å². The van der Waals surface area contributed by atoms with Crippen molar-refractivity contribution in [2.24, 2.45) is 5.28 Å². The lowest BCUT2D eigenvalue weighted by Gasteiger charge is -2.09. The molecule has 0 bridgehead atoms. The van der Waals surface area contributed by atoms with Crippen molar-refractivity contribution in [3.63, 3.8) is 0 Å². The van der Waals surface area contributed by atoms with Crippen molar-refractivity contribution in [3.8, 4) is 0 Å². The van der Waals surface area contributed by atoms with Gasteiger partial charge in [-0.1, -0.05) is 0 Å². The Morgan fingerprint density at radius 3 is 1.94 bits per heavy atom. The second-order valence-electron chi connectivity index (χ2n) is 2.99. The van der Waals surface area contributed by atoms with Crippen LogP contribution in [0.1, 0.15) is 13.8 Å². The van der Waals surface area contributed by atoms with Crippen molar-refractivity contribution in [2.75, 3.05) is 14.2 Å². The normalized spacial score (nSPS) is 11.5. The van der Waals surface area contributed by atoms with E-state index in [9.17, 15) is 14.8 Å². The van der Waals surface area contributed by atoms with E-state index >= 15 is 0 Å². The Balaban J connectivity index is 4.82. The molecule has 0 aliphatic carbocycles. The van der Waals surface area contributed by atoms with Crippen LogP contribution in [0.5, 0.6) is 0 Å². The Labute approximate surface area is 92.3 Å². The lowest BCUT2D eigenvalue weighted by Crippen LogP contribution is -2.39. The van der Waals surface area contributed by atoms with Crippen LogP contribution in [-0.4, -0.2) is 43.2 Å². The van der Waals surface area contributed by atoms with Crippen LogP contribution in [0, 0.1) is 5.21 Å². The van der Waals surface area contributed by atoms with E-state index in [1.54, 1.807) is 13.8 Å². The zero-order chi connectivity index (χ0) is 12.7. The lowest BCUT2D eigenvalue weighted by atomic mass is 10.3. The molecule has 0 saturated carbocycles. The molecule has 8 heteroatoms. The van der Waals surface area contributed by atoms with Gasteiger partial charge in [0.15, 0.2) is 0 Å². The molecule has 0 N–H and O–H groups in total. The Morgan fingerprint density at radius 2 is 1.62 bits per heavy atom. The van der Waals surface area contributed by atoms with E-state index in [1.807, 2.05) is 0 Å². The average Bonchev–Trinajstić information content (AvgIpc) is 2.25. The van der Waals surface area contributed by atoms with Crippen molar-refractivity contribution in [1.82, 2.24) is 0 Å². The van der Waals surface area contributed by atoms with E-state index < -0.39 is 18.0 Å². The summed E-state index contributed by atoms with van der Waals surface area (Å²) in [4.78, 5) is 26.6. The average molecular weight is 234 g/mol. The predicted molar refractivity (Wildman–Crippen MR) is 50.1 cm³/mol. The molecule has 0 aliphatic heterocycles. The molecule has 92 valence electrons. The van der Waals surface area contributed by atoms with Crippen LogP contribution in [0.25, 0.3) is 0 Å². The number of methoxy groups -OCH3 is 2. The summed E-state index contributed by atoms with van der Waals surface area (Å²) in [6.45, 7) is 3.26. The minimum absolute atomic E-state index is 0.197. The van der Waals surface area contributed by atoms with Gasteiger partial charge in [0, 0.05) is 0 Å². The number of hydroxylamine groups is 1. The highest BCUT2D eigenvalue weighted by molar-refractivity contribution is 5.97. The van der Waals surface area contributed by atoms with Gasteiger partial charge >= 0.3 is 18.0 Å². The van der Waals surface area contributed by atoms with Crippen molar-refractivity contribution in [1.29, 1.82) is 0 Å². The molecule has 0 rings (SSSR count). The van der Waals surface area contributed by atoms with Crippen LogP contribution in [0.2, 0.25) is 0 Å². The molecule has 0 aromatic rings. The second-order valence-corrected chi connectivity index (χ2v) is 2.99. The van der Waals surface area contributed by atoms with Gasteiger partial charge in [-0.25, -0.2) is 9.59 Å². The molecule has 0 saturated heterocycles. The van der Waals surface area contributed by atoms with Crippen molar-refractivity contribution >= 4 is 11.9 Å². The van der Waals surface area contributed by atoms with E-state index in [1.165, 1.54) is 0 Å². The molecule has 0 aromatic carbocycles. The number of hydrogen-bond acceptors (Lipinski definition) is 7. The summed E-state index contributed by atoms with van der Waals surface area (Å²) in [5, 5.41) is 14.3.